The van der Waals surface area contributed by atoms with Crippen LogP contribution in [-0.4, -0.2) is 39.0 Å². The zero-order valence-electron chi connectivity index (χ0n) is 13.4. The van der Waals surface area contributed by atoms with Gasteiger partial charge >= 0.3 is 6.03 Å². The highest BCUT2D eigenvalue weighted by molar-refractivity contribution is 6.30. The third kappa shape index (κ3) is 4.46. The lowest BCUT2D eigenvalue weighted by atomic mass is 10.0. The Hall–Kier alpha value is -2.12. The minimum atomic E-state index is -0.557. The predicted molar refractivity (Wildman–Crippen MR) is 91.4 cm³/mol. The normalized spacial score (nSPS) is 16.2. The topological polar surface area (TPSA) is 89.1 Å². The minimum absolute atomic E-state index is 0.308. The molecule has 0 spiro atoms. The van der Waals surface area contributed by atoms with E-state index < -0.39 is 6.03 Å². The molecule has 2 aromatic rings. The fourth-order valence-electron chi connectivity index (χ4n) is 2.99. The average molecular weight is 349 g/mol. The first kappa shape index (κ1) is 16.7. The number of amides is 2. The van der Waals surface area contributed by atoms with Gasteiger partial charge in [-0.15, -0.1) is 5.10 Å². The van der Waals surface area contributed by atoms with Gasteiger partial charge in [-0.05, 0) is 30.5 Å². The summed E-state index contributed by atoms with van der Waals surface area (Å²) in [5, 5.41) is 11.6. The fraction of sp³-hybridized carbons (Fsp3) is 0.438. The summed E-state index contributed by atoms with van der Waals surface area (Å²) in [7, 11) is 0. The smallest absolute Gasteiger partial charge is 0.312 e. The second-order valence-electron chi connectivity index (χ2n) is 6.04. The number of nitrogens with zero attached hydrogens (tertiary/aromatic N) is 4. The molecular formula is C16H21ClN6O. The number of halogens is 1. The molecule has 3 rings (SSSR count). The number of piperidine rings is 1. The van der Waals surface area contributed by atoms with Gasteiger partial charge in [-0.2, -0.15) is 0 Å². The molecule has 1 aromatic carbocycles. The van der Waals surface area contributed by atoms with Crippen LogP contribution in [-0.2, 0) is 13.1 Å². The number of hydrogen-bond acceptors (Lipinski definition) is 4. The van der Waals surface area contributed by atoms with Crippen molar-refractivity contribution in [1.82, 2.24) is 25.2 Å². The van der Waals surface area contributed by atoms with E-state index in [0.29, 0.717) is 12.6 Å². The van der Waals surface area contributed by atoms with Crippen LogP contribution in [0.4, 0.5) is 4.79 Å². The van der Waals surface area contributed by atoms with E-state index in [1.54, 1.807) is 0 Å². The molecule has 8 heteroatoms. The minimum Gasteiger partial charge on any atom is -0.352 e. The van der Waals surface area contributed by atoms with Gasteiger partial charge < -0.3 is 11.1 Å². The van der Waals surface area contributed by atoms with Crippen LogP contribution < -0.4 is 11.1 Å². The Bertz CT molecular complexity index is 695. The summed E-state index contributed by atoms with van der Waals surface area (Å²) in [6, 6.07) is 7.79. The molecule has 7 nitrogen and oxygen atoms in total. The monoisotopic (exact) mass is 348 g/mol. The third-order valence-electron chi connectivity index (χ3n) is 4.23. The van der Waals surface area contributed by atoms with Gasteiger partial charge in [0.05, 0.1) is 18.8 Å². The quantitative estimate of drug-likeness (QED) is 0.864. The van der Waals surface area contributed by atoms with Gasteiger partial charge in [0.25, 0.3) is 0 Å². The Morgan fingerprint density at radius 2 is 2.17 bits per heavy atom. The molecule has 1 saturated heterocycles. The summed E-state index contributed by atoms with van der Waals surface area (Å²) in [6.45, 7) is 3.24. The van der Waals surface area contributed by atoms with E-state index in [1.165, 1.54) is 5.56 Å². The molecule has 24 heavy (non-hydrogen) atoms. The second kappa shape index (κ2) is 7.63. The van der Waals surface area contributed by atoms with Crippen molar-refractivity contribution < 1.29 is 4.79 Å². The molecule has 0 unspecified atom stereocenters. The number of carbonyl (C=O) groups excluding carboxylic acids is 1. The predicted octanol–water partition coefficient (Wildman–Crippen LogP) is 1.94. The van der Waals surface area contributed by atoms with Crippen molar-refractivity contribution in [1.29, 1.82) is 0 Å². The van der Waals surface area contributed by atoms with Crippen LogP contribution >= 0.6 is 11.6 Å². The summed E-state index contributed by atoms with van der Waals surface area (Å²) in [6.07, 6.45) is 3.92. The Morgan fingerprint density at radius 1 is 1.38 bits per heavy atom. The molecule has 0 aliphatic carbocycles. The van der Waals surface area contributed by atoms with E-state index in [2.05, 4.69) is 26.6 Å². The zero-order valence-corrected chi connectivity index (χ0v) is 14.1. The lowest BCUT2D eigenvalue weighted by molar-refractivity contribution is 0.172. The number of nitrogens with one attached hydrogen (secondary N) is 1. The number of primary amides is 1. The van der Waals surface area contributed by atoms with E-state index in [9.17, 15) is 4.79 Å². The Morgan fingerprint density at radius 3 is 2.88 bits per heavy atom. The van der Waals surface area contributed by atoms with E-state index in [1.807, 2.05) is 29.1 Å². The molecule has 128 valence electrons. The number of carbonyl (C=O) groups is 1. The highest BCUT2D eigenvalue weighted by atomic mass is 35.5. The summed E-state index contributed by atoms with van der Waals surface area (Å²) >= 11 is 6.04. The molecule has 1 aliphatic rings. The lowest BCUT2D eigenvalue weighted by Gasteiger charge is -2.31. The lowest BCUT2D eigenvalue weighted by Crippen LogP contribution is -2.34. The number of hydrogen-bond donors (Lipinski definition) is 2. The first-order valence-corrected chi connectivity index (χ1v) is 8.39. The van der Waals surface area contributed by atoms with E-state index >= 15 is 0 Å². The summed E-state index contributed by atoms with van der Waals surface area (Å²) in [4.78, 5) is 13.2. The molecular weight excluding hydrogens is 328 g/mol. The van der Waals surface area contributed by atoms with Gasteiger partial charge in [0.15, 0.2) is 0 Å². The molecule has 0 bridgehead atoms. The van der Waals surface area contributed by atoms with Crippen LogP contribution in [0.25, 0.3) is 0 Å². The number of nitrogens with two attached hydrogens (primary N) is 1. The Balaban J connectivity index is 1.50. The standard InChI is InChI=1S/C16H21ClN6O/c17-13-3-1-2-12(8-13)10-22-6-4-15(5-7-22)23-11-14(20-21-23)9-19-16(18)24/h1-3,8,11,15H,4-7,9-10H2,(H3,18,19,24). The van der Waals surface area contributed by atoms with Gasteiger partial charge in [0, 0.05) is 24.7 Å². The third-order valence-corrected chi connectivity index (χ3v) is 4.46. The molecule has 1 aliphatic heterocycles. The first-order chi connectivity index (χ1) is 11.6. The van der Waals surface area contributed by atoms with Gasteiger partial charge in [-0.3, -0.25) is 4.90 Å². The summed E-state index contributed by atoms with van der Waals surface area (Å²) < 4.78 is 1.90. The molecule has 2 heterocycles. The molecule has 1 fully saturated rings. The maximum absolute atomic E-state index is 10.7. The van der Waals surface area contributed by atoms with Crippen molar-refractivity contribution in [2.75, 3.05) is 13.1 Å². The van der Waals surface area contributed by atoms with Crippen LogP contribution in [0.5, 0.6) is 0 Å². The van der Waals surface area contributed by atoms with E-state index in [-0.39, 0.29) is 0 Å². The van der Waals surface area contributed by atoms with Crippen LogP contribution in [0, 0.1) is 0 Å². The van der Waals surface area contributed by atoms with Crippen molar-refractivity contribution in [3.63, 3.8) is 0 Å². The Labute approximate surface area is 145 Å². The highest BCUT2D eigenvalue weighted by Gasteiger charge is 2.21. The molecule has 1 aromatic heterocycles. The van der Waals surface area contributed by atoms with Crippen molar-refractivity contribution in [3.8, 4) is 0 Å². The van der Waals surface area contributed by atoms with Gasteiger partial charge in [0.2, 0.25) is 0 Å². The van der Waals surface area contributed by atoms with Crippen molar-refractivity contribution in [3.05, 3.63) is 46.7 Å². The van der Waals surface area contributed by atoms with Crippen molar-refractivity contribution >= 4 is 17.6 Å². The molecule has 2 amide bonds. The highest BCUT2D eigenvalue weighted by Crippen LogP contribution is 2.23. The number of benzene rings is 1. The average Bonchev–Trinajstić information content (AvgIpc) is 3.03. The zero-order chi connectivity index (χ0) is 16.9. The van der Waals surface area contributed by atoms with Crippen LogP contribution in [0.3, 0.4) is 0 Å². The van der Waals surface area contributed by atoms with Gasteiger partial charge in [-0.25, -0.2) is 9.48 Å². The number of rotatable bonds is 5. The van der Waals surface area contributed by atoms with Gasteiger partial charge in [0.1, 0.15) is 5.69 Å². The largest absolute Gasteiger partial charge is 0.352 e. The number of likely N-dealkylation sites (tertiary alicyclic amines) is 1. The molecule has 3 N–H and O–H groups in total. The Kier molecular flexibility index (Phi) is 5.32. The maximum atomic E-state index is 10.7. The molecule has 0 radical (unpaired) electrons. The van der Waals surface area contributed by atoms with Gasteiger partial charge in [-0.1, -0.05) is 28.9 Å². The van der Waals surface area contributed by atoms with Crippen LogP contribution in [0.15, 0.2) is 30.5 Å². The van der Waals surface area contributed by atoms with E-state index in [0.717, 1.165) is 43.2 Å². The first-order valence-electron chi connectivity index (χ1n) is 8.01. The fourth-order valence-corrected chi connectivity index (χ4v) is 3.20. The number of urea groups is 1. The van der Waals surface area contributed by atoms with Crippen LogP contribution in [0.1, 0.15) is 30.1 Å². The maximum Gasteiger partial charge on any atom is 0.312 e. The SMILES string of the molecule is NC(=O)NCc1cn(C2CCN(Cc3cccc(Cl)c3)CC2)nn1. The summed E-state index contributed by atoms with van der Waals surface area (Å²) in [5.74, 6) is 0. The number of aromatic nitrogens is 3. The van der Waals surface area contributed by atoms with Crippen molar-refractivity contribution in [2.45, 2.75) is 32.0 Å². The second-order valence-corrected chi connectivity index (χ2v) is 6.48. The van der Waals surface area contributed by atoms with Crippen LogP contribution in [0.2, 0.25) is 5.02 Å². The summed E-state index contributed by atoms with van der Waals surface area (Å²) in [5.41, 5.74) is 7.01. The van der Waals surface area contributed by atoms with E-state index in [4.69, 9.17) is 17.3 Å². The molecule has 0 atom stereocenters. The van der Waals surface area contributed by atoms with Crippen molar-refractivity contribution in [2.24, 2.45) is 5.73 Å². The molecule has 0 saturated carbocycles.